The van der Waals surface area contributed by atoms with Crippen LogP contribution in [-0.4, -0.2) is 39.4 Å². The third-order valence-electron chi connectivity index (χ3n) is 6.36. The molecule has 4 aliphatic rings. The van der Waals surface area contributed by atoms with Crippen molar-refractivity contribution in [3.05, 3.63) is 0 Å². The van der Waals surface area contributed by atoms with Gasteiger partial charge in [-0.25, -0.2) is 0 Å². The van der Waals surface area contributed by atoms with Gasteiger partial charge in [0.25, 0.3) is 0 Å². The van der Waals surface area contributed by atoms with E-state index in [1.165, 1.54) is 0 Å². The summed E-state index contributed by atoms with van der Waals surface area (Å²) >= 11 is 0. The molecular weight excluding hydrogens is 336 g/mol. The fourth-order valence-electron chi connectivity index (χ4n) is 6.34. The van der Waals surface area contributed by atoms with Crippen molar-refractivity contribution in [1.82, 2.24) is 0 Å². The first-order chi connectivity index (χ1) is 10.9. The fraction of sp³-hybridized carbons (Fsp3) is 0.889. The summed E-state index contributed by atoms with van der Waals surface area (Å²) in [5.41, 5.74) is -0.504. The van der Waals surface area contributed by atoms with Crippen LogP contribution < -0.4 is 0 Å². The van der Waals surface area contributed by atoms with Gasteiger partial charge < -0.3 is 8.85 Å². The van der Waals surface area contributed by atoms with Gasteiger partial charge in [0.2, 0.25) is 0 Å². The van der Waals surface area contributed by atoms with Gasteiger partial charge in [-0.15, -0.1) is 0 Å². The monoisotopic (exact) mass is 366 g/mol. The van der Waals surface area contributed by atoms with Crippen LogP contribution in [0.15, 0.2) is 0 Å². The topological polar surface area (TPSA) is 52.6 Å². The maximum Gasteiger partial charge on any atom is 0.184 e. The van der Waals surface area contributed by atoms with Crippen LogP contribution in [0, 0.1) is 23.7 Å². The van der Waals surface area contributed by atoms with E-state index in [9.17, 15) is 9.59 Å². The van der Waals surface area contributed by atoms with Gasteiger partial charge in [-0.05, 0) is 64.0 Å². The summed E-state index contributed by atoms with van der Waals surface area (Å²) in [4.78, 5) is 24.9. The normalized spacial score (nSPS) is 46.9. The minimum Gasteiger partial charge on any atom is -0.411 e. The van der Waals surface area contributed by atoms with Gasteiger partial charge in [0.05, 0.1) is 11.2 Å². The number of hydrogen-bond donors (Lipinski definition) is 0. The van der Waals surface area contributed by atoms with Crippen LogP contribution in [-0.2, 0) is 18.4 Å². The summed E-state index contributed by atoms with van der Waals surface area (Å²) in [7, 11) is -3.44. The van der Waals surface area contributed by atoms with E-state index < -0.39 is 16.6 Å². The van der Waals surface area contributed by atoms with E-state index in [1.54, 1.807) is 0 Å². The molecule has 4 nitrogen and oxygen atoms in total. The largest absolute Gasteiger partial charge is 0.411 e. The molecule has 4 saturated carbocycles. The molecule has 0 N–H and O–H groups in total. The van der Waals surface area contributed by atoms with E-state index in [0.29, 0.717) is 36.2 Å². The molecule has 0 heterocycles. The maximum atomic E-state index is 12.5. The quantitative estimate of drug-likeness (QED) is 0.716. The van der Waals surface area contributed by atoms with E-state index in [4.69, 9.17) is 8.85 Å². The summed E-state index contributed by atoms with van der Waals surface area (Å²) in [6.07, 6.45) is 2.92. The van der Waals surface area contributed by atoms with Gasteiger partial charge in [-0.3, -0.25) is 9.59 Å². The third-order valence-corrected chi connectivity index (χ3v) is 8.40. The van der Waals surface area contributed by atoms with E-state index in [1.807, 2.05) is 0 Å². The predicted octanol–water partition coefficient (Wildman–Crippen LogP) is 3.38. The molecule has 0 aromatic carbocycles. The minimum atomic E-state index is -1.72. The highest BCUT2D eigenvalue weighted by Gasteiger charge is 2.76. The van der Waals surface area contributed by atoms with Crippen molar-refractivity contribution >= 4 is 28.2 Å². The van der Waals surface area contributed by atoms with Crippen molar-refractivity contribution in [3.8, 4) is 0 Å². The molecule has 6 heteroatoms. The van der Waals surface area contributed by atoms with Crippen molar-refractivity contribution in [2.45, 2.75) is 76.2 Å². The maximum absolute atomic E-state index is 12.5. The zero-order valence-electron chi connectivity index (χ0n) is 15.8. The van der Waals surface area contributed by atoms with E-state index in [0.717, 1.165) is 12.8 Å². The second-order valence-electron chi connectivity index (χ2n) is 10.5. The molecule has 0 unspecified atom stereocenters. The molecule has 24 heavy (non-hydrogen) atoms. The van der Waals surface area contributed by atoms with Crippen LogP contribution in [0.5, 0.6) is 0 Å². The van der Waals surface area contributed by atoms with Crippen LogP contribution in [0.3, 0.4) is 0 Å². The second kappa shape index (κ2) is 4.70. The van der Waals surface area contributed by atoms with Gasteiger partial charge >= 0.3 is 0 Å². The van der Waals surface area contributed by atoms with Crippen LogP contribution in [0.4, 0.5) is 0 Å². The summed E-state index contributed by atoms with van der Waals surface area (Å²) in [5.74, 6) is 1.37. The lowest BCUT2D eigenvalue weighted by molar-refractivity contribution is -0.159. The Morgan fingerprint density at radius 3 is 1.33 bits per heavy atom. The Morgan fingerprint density at radius 2 is 1.08 bits per heavy atom. The third kappa shape index (κ3) is 2.29. The van der Waals surface area contributed by atoms with Crippen molar-refractivity contribution < 1.29 is 18.4 Å². The molecule has 4 rings (SSSR count). The van der Waals surface area contributed by atoms with E-state index >= 15 is 0 Å². The molecule has 0 saturated heterocycles. The van der Waals surface area contributed by atoms with Gasteiger partial charge in [0.1, 0.15) is 11.6 Å². The van der Waals surface area contributed by atoms with Crippen molar-refractivity contribution in [1.29, 1.82) is 0 Å². The Hall–Kier alpha value is -0.306. The Labute approximate surface area is 146 Å². The first-order valence-electron chi connectivity index (χ1n) is 9.32. The number of carbonyl (C=O) groups is 2. The first kappa shape index (κ1) is 17.1. The molecule has 6 atom stereocenters. The van der Waals surface area contributed by atoms with Crippen LogP contribution >= 0.6 is 0 Å². The Kier molecular flexibility index (Phi) is 3.35. The average Bonchev–Trinajstić information content (AvgIpc) is 2.64. The number of ketones is 2. The SMILES string of the molecule is C[Si](C)(C)O[C@]12CC(=O)[C@H]1[C@@H]1C[C@@]3(O[Si](C)(C)C)CC(=O)[C@H]3[C@@H]1C2. The van der Waals surface area contributed by atoms with Gasteiger partial charge in [0, 0.05) is 24.7 Å². The molecule has 4 aliphatic carbocycles. The lowest BCUT2D eigenvalue weighted by Crippen LogP contribution is -2.62. The standard InChI is InChI=1S/C18H30O4Si2/c1-23(2,3)21-17-7-11-12(15(17)13(19)9-17)8-18(22-24(4,5)6)10-14(20)16(11)18/h11-12,15-16H,7-10H2,1-6H3/t11-,12-,15-,16-,17-,18-/m1/s1. The zero-order chi connectivity index (χ0) is 17.7. The number of carbonyl (C=O) groups excluding carboxylic acids is 2. The molecule has 134 valence electrons. The average molecular weight is 367 g/mol. The van der Waals surface area contributed by atoms with Crippen LogP contribution in [0.25, 0.3) is 0 Å². The van der Waals surface area contributed by atoms with Crippen molar-refractivity contribution in [2.24, 2.45) is 23.7 Å². The number of hydrogen-bond acceptors (Lipinski definition) is 4. The fourth-order valence-corrected chi connectivity index (χ4v) is 9.35. The molecule has 4 fully saturated rings. The number of rotatable bonds is 4. The summed E-state index contributed by atoms with van der Waals surface area (Å²) < 4.78 is 13.1. The molecule has 0 radical (unpaired) electrons. The molecular formula is C18H30O4Si2. The highest BCUT2D eigenvalue weighted by Crippen LogP contribution is 2.69. The van der Waals surface area contributed by atoms with Gasteiger partial charge in [-0.2, -0.15) is 0 Å². The highest BCUT2D eigenvalue weighted by molar-refractivity contribution is 6.70. The molecule has 0 aromatic heterocycles. The van der Waals surface area contributed by atoms with E-state index in [2.05, 4.69) is 39.3 Å². The second-order valence-corrected chi connectivity index (χ2v) is 19.4. The van der Waals surface area contributed by atoms with E-state index in [-0.39, 0.29) is 23.0 Å². The Morgan fingerprint density at radius 1 is 0.750 bits per heavy atom. The smallest absolute Gasteiger partial charge is 0.184 e. The molecule has 0 amide bonds. The van der Waals surface area contributed by atoms with Gasteiger partial charge in [-0.1, -0.05) is 0 Å². The minimum absolute atomic E-state index is 0.0229. The lowest BCUT2D eigenvalue weighted by Gasteiger charge is -2.52. The first-order valence-corrected chi connectivity index (χ1v) is 16.1. The lowest BCUT2D eigenvalue weighted by atomic mass is 9.63. The zero-order valence-corrected chi connectivity index (χ0v) is 17.8. The predicted molar refractivity (Wildman–Crippen MR) is 96.8 cm³/mol. The molecule has 0 spiro atoms. The van der Waals surface area contributed by atoms with Crippen molar-refractivity contribution in [3.63, 3.8) is 0 Å². The van der Waals surface area contributed by atoms with Crippen molar-refractivity contribution in [2.75, 3.05) is 0 Å². The van der Waals surface area contributed by atoms with Crippen LogP contribution in [0.2, 0.25) is 39.3 Å². The molecule has 0 aromatic rings. The summed E-state index contributed by atoms with van der Waals surface area (Å²) in [6, 6.07) is 0. The molecule has 0 aliphatic heterocycles. The number of fused-ring (bicyclic) bond motifs is 5. The highest BCUT2D eigenvalue weighted by atomic mass is 28.4. The summed E-state index contributed by atoms with van der Waals surface area (Å²) in [6.45, 7) is 13.2. The Bertz CT molecular complexity index is 565. The molecule has 0 bridgehead atoms. The van der Waals surface area contributed by atoms with Gasteiger partial charge in [0.15, 0.2) is 16.6 Å². The Balaban J connectivity index is 1.63. The number of Topliss-reactive ketones (excluding diaryl/α,β-unsaturated/α-hetero) is 2. The summed E-state index contributed by atoms with van der Waals surface area (Å²) in [5, 5.41) is 0. The van der Waals surface area contributed by atoms with Crippen LogP contribution in [0.1, 0.15) is 25.7 Å².